The largest absolute Gasteiger partial charge is 0.507 e. The quantitative estimate of drug-likeness (QED) is 0.194. The zero-order valence-corrected chi connectivity index (χ0v) is 24.8. The molecule has 9 nitrogen and oxygen atoms in total. The molecule has 2 heterocycles. The highest BCUT2D eigenvalue weighted by atomic mass is 16.5. The van der Waals surface area contributed by atoms with Crippen molar-refractivity contribution in [2.45, 2.75) is 32.6 Å². The normalized spacial score (nSPS) is 18.7. The van der Waals surface area contributed by atoms with Gasteiger partial charge in [-0.25, -0.2) is 0 Å². The minimum Gasteiger partial charge on any atom is -0.507 e. The van der Waals surface area contributed by atoms with Crippen LogP contribution in [0.4, 0.5) is 0 Å². The topological polar surface area (TPSA) is 97.8 Å². The fourth-order valence-electron chi connectivity index (χ4n) is 5.36. The lowest BCUT2D eigenvalue weighted by Crippen LogP contribution is -2.42. The molecule has 43 heavy (non-hydrogen) atoms. The third kappa shape index (κ3) is 7.01. The maximum Gasteiger partial charge on any atom is 0.295 e. The van der Waals surface area contributed by atoms with Crippen molar-refractivity contribution < 1.29 is 33.6 Å². The molecule has 0 spiro atoms. The summed E-state index contributed by atoms with van der Waals surface area (Å²) in [4.78, 5) is 30.8. The highest BCUT2D eigenvalue weighted by Gasteiger charge is 2.46. The van der Waals surface area contributed by atoms with E-state index in [1.165, 1.54) is 0 Å². The Kier molecular flexibility index (Phi) is 9.64. The Morgan fingerprint density at radius 1 is 0.953 bits per heavy atom. The number of morpholine rings is 1. The third-order valence-corrected chi connectivity index (χ3v) is 7.54. The first-order valence-corrected chi connectivity index (χ1v) is 14.6. The molecule has 0 aliphatic carbocycles. The molecule has 1 amide bonds. The SMILES string of the molecule is COc1cc(C2C(=C(O)c3ccc(OC(C)C)cc3)C(=O)C(=O)N2CCN2CCOCC2)ccc1OCc1ccccc1. The third-order valence-electron chi connectivity index (χ3n) is 7.54. The number of amides is 1. The molecule has 3 aromatic carbocycles. The fourth-order valence-corrected chi connectivity index (χ4v) is 5.36. The number of carbonyl (C=O) groups is 2. The van der Waals surface area contributed by atoms with Crippen LogP contribution >= 0.6 is 0 Å². The second kappa shape index (κ2) is 13.8. The van der Waals surface area contributed by atoms with Crippen LogP contribution in [0.1, 0.15) is 36.6 Å². The van der Waals surface area contributed by atoms with E-state index in [0.29, 0.717) is 61.3 Å². The van der Waals surface area contributed by atoms with E-state index < -0.39 is 17.7 Å². The van der Waals surface area contributed by atoms with Gasteiger partial charge >= 0.3 is 0 Å². The standard InChI is InChI=1S/C34H38N2O7/c1-23(2)43-27-12-9-25(10-13-27)32(37)30-31(36(34(39)33(30)38)16-15-35-17-19-41-20-18-35)26-11-14-28(29(21-26)40-3)42-22-24-7-5-4-6-8-24/h4-14,21,23,31,37H,15-20,22H2,1-3H3. The number of hydrogen-bond donors (Lipinski definition) is 1. The summed E-state index contributed by atoms with van der Waals surface area (Å²) in [6.45, 7) is 7.84. The van der Waals surface area contributed by atoms with Crippen molar-refractivity contribution in [3.63, 3.8) is 0 Å². The summed E-state index contributed by atoms with van der Waals surface area (Å²) in [5, 5.41) is 11.5. The van der Waals surface area contributed by atoms with Crippen LogP contribution in [-0.2, 0) is 20.9 Å². The van der Waals surface area contributed by atoms with Crippen molar-refractivity contribution in [1.82, 2.24) is 9.80 Å². The van der Waals surface area contributed by atoms with Crippen LogP contribution < -0.4 is 14.2 Å². The molecule has 5 rings (SSSR count). The number of nitrogens with zero attached hydrogens (tertiary/aromatic N) is 2. The first kappa shape index (κ1) is 30.1. The van der Waals surface area contributed by atoms with Gasteiger partial charge in [-0.3, -0.25) is 14.5 Å². The van der Waals surface area contributed by atoms with Crippen LogP contribution in [0.2, 0.25) is 0 Å². The molecular formula is C34H38N2O7. The van der Waals surface area contributed by atoms with Gasteiger partial charge in [0.25, 0.3) is 11.7 Å². The molecule has 0 aromatic heterocycles. The molecule has 2 aliphatic heterocycles. The van der Waals surface area contributed by atoms with Gasteiger partial charge in [0, 0.05) is 31.7 Å². The van der Waals surface area contributed by atoms with Crippen LogP contribution in [0.5, 0.6) is 17.2 Å². The number of methoxy groups -OCH3 is 1. The van der Waals surface area contributed by atoms with E-state index in [4.69, 9.17) is 18.9 Å². The van der Waals surface area contributed by atoms with Gasteiger partial charge in [0.05, 0.1) is 38.0 Å². The fraction of sp³-hybridized carbons (Fsp3) is 0.353. The Bertz CT molecular complexity index is 1450. The highest BCUT2D eigenvalue weighted by molar-refractivity contribution is 6.46. The first-order chi connectivity index (χ1) is 20.9. The number of carbonyl (C=O) groups excluding carboxylic acids is 2. The van der Waals surface area contributed by atoms with Gasteiger partial charge in [-0.2, -0.15) is 0 Å². The number of aliphatic hydroxyl groups excluding tert-OH is 1. The molecule has 0 bridgehead atoms. The Morgan fingerprint density at radius 2 is 1.67 bits per heavy atom. The van der Waals surface area contributed by atoms with Gasteiger partial charge in [0.2, 0.25) is 0 Å². The maximum atomic E-state index is 13.5. The predicted molar refractivity (Wildman–Crippen MR) is 162 cm³/mol. The number of Topliss-reactive ketones (excluding diaryl/α,β-unsaturated/α-hetero) is 1. The number of ketones is 1. The summed E-state index contributed by atoms with van der Waals surface area (Å²) >= 11 is 0. The molecule has 1 N–H and O–H groups in total. The van der Waals surface area contributed by atoms with Gasteiger partial charge in [-0.15, -0.1) is 0 Å². The summed E-state index contributed by atoms with van der Waals surface area (Å²) in [6.07, 6.45) is -0.00846. The van der Waals surface area contributed by atoms with Gasteiger partial charge in [0.1, 0.15) is 18.1 Å². The van der Waals surface area contributed by atoms with E-state index in [-0.39, 0.29) is 17.4 Å². The molecule has 9 heteroatoms. The number of benzene rings is 3. The second-order valence-corrected chi connectivity index (χ2v) is 10.8. The van der Waals surface area contributed by atoms with E-state index in [2.05, 4.69) is 4.90 Å². The Hall–Kier alpha value is -4.34. The lowest BCUT2D eigenvalue weighted by Gasteiger charge is -2.31. The molecule has 2 fully saturated rings. The summed E-state index contributed by atoms with van der Waals surface area (Å²) in [5.74, 6) is 0.0170. The van der Waals surface area contributed by atoms with Crippen molar-refractivity contribution in [1.29, 1.82) is 0 Å². The number of rotatable bonds is 11. The van der Waals surface area contributed by atoms with Crippen LogP contribution in [0.25, 0.3) is 5.76 Å². The van der Waals surface area contributed by atoms with Crippen molar-refractivity contribution >= 4 is 17.4 Å². The molecular weight excluding hydrogens is 548 g/mol. The number of aliphatic hydroxyl groups is 1. The molecule has 2 saturated heterocycles. The van der Waals surface area contributed by atoms with Crippen LogP contribution in [0.3, 0.4) is 0 Å². The minimum absolute atomic E-state index is 0.00846. The van der Waals surface area contributed by atoms with Crippen LogP contribution in [0.15, 0.2) is 78.4 Å². The Labute approximate surface area is 252 Å². The van der Waals surface area contributed by atoms with Crippen molar-refractivity contribution in [3.8, 4) is 17.2 Å². The zero-order chi connectivity index (χ0) is 30.3. The monoisotopic (exact) mass is 586 g/mol. The Morgan fingerprint density at radius 3 is 2.35 bits per heavy atom. The lowest BCUT2D eigenvalue weighted by molar-refractivity contribution is -0.140. The first-order valence-electron chi connectivity index (χ1n) is 14.6. The van der Waals surface area contributed by atoms with E-state index in [1.807, 2.05) is 50.2 Å². The number of likely N-dealkylation sites (tertiary alicyclic amines) is 1. The van der Waals surface area contributed by atoms with Gasteiger partial charge in [0.15, 0.2) is 11.5 Å². The molecule has 226 valence electrons. The molecule has 1 atom stereocenters. The summed E-state index contributed by atoms with van der Waals surface area (Å²) < 4.78 is 22.9. The summed E-state index contributed by atoms with van der Waals surface area (Å²) in [6, 6.07) is 21.2. The van der Waals surface area contributed by atoms with Crippen molar-refractivity contribution in [3.05, 3.63) is 95.1 Å². The smallest absolute Gasteiger partial charge is 0.295 e. The second-order valence-electron chi connectivity index (χ2n) is 10.8. The van der Waals surface area contributed by atoms with E-state index in [0.717, 1.165) is 18.7 Å². The average Bonchev–Trinajstić information content (AvgIpc) is 3.28. The molecule has 0 radical (unpaired) electrons. The number of hydrogen-bond acceptors (Lipinski definition) is 8. The average molecular weight is 587 g/mol. The van der Waals surface area contributed by atoms with Crippen molar-refractivity contribution in [2.24, 2.45) is 0 Å². The van der Waals surface area contributed by atoms with E-state index in [9.17, 15) is 14.7 Å². The summed E-state index contributed by atoms with van der Waals surface area (Å²) in [5.41, 5.74) is 2.09. The minimum atomic E-state index is -0.815. The van der Waals surface area contributed by atoms with Gasteiger partial charge in [-0.05, 0) is 61.4 Å². The lowest BCUT2D eigenvalue weighted by atomic mass is 9.95. The predicted octanol–water partition coefficient (Wildman–Crippen LogP) is 4.82. The van der Waals surface area contributed by atoms with E-state index in [1.54, 1.807) is 48.4 Å². The summed E-state index contributed by atoms with van der Waals surface area (Å²) in [7, 11) is 1.55. The molecule has 0 saturated carbocycles. The van der Waals surface area contributed by atoms with Gasteiger partial charge < -0.3 is 29.0 Å². The molecule has 1 unspecified atom stereocenters. The molecule has 3 aromatic rings. The van der Waals surface area contributed by atoms with Crippen LogP contribution in [0, 0.1) is 0 Å². The van der Waals surface area contributed by atoms with Crippen LogP contribution in [-0.4, -0.2) is 79.2 Å². The van der Waals surface area contributed by atoms with E-state index >= 15 is 0 Å². The number of ether oxygens (including phenoxy) is 4. The molecule has 2 aliphatic rings. The van der Waals surface area contributed by atoms with Gasteiger partial charge in [-0.1, -0.05) is 36.4 Å². The highest BCUT2D eigenvalue weighted by Crippen LogP contribution is 2.42. The zero-order valence-electron chi connectivity index (χ0n) is 24.8. The maximum absolute atomic E-state index is 13.5. The van der Waals surface area contributed by atoms with Crippen molar-refractivity contribution in [2.75, 3.05) is 46.5 Å². The Balaban J connectivity index is 1.50.